The van der Waals surface area contributed by atoms with Crippen LogP contribution in [0, 0.1) is 0 Å². The van der Waals surface area contributed by atoms with Gasteiger partial charge in [0.25, 0.3) is 0 Å². The molecule has 1 aromatic carbocycles. The molecule has 0 saturated carbocycles. The summed E-state index contributed by atoms with van der Waals surface area (Å²) in [6.07, 6.45) is 1.04. The van der Waals surface area contributed by atoms with E-state index in [2.05, 4.69) is 10.0 Å². The summed E-state index contributed by atoms with van der Waals surface area (Å²) >= 11 is 5.82. The molecule has 1 rings (SSSR count). The molecule has 2 N–H and O–H groups in total. The lowest BCUT2D eigenvalue weighted by Gasteiger charge is -2.08. The van der Waals surface area contributed by atoms with Crippen LogP contribution in [0.1, 0.15) is 6.92 Å². The summed E-state index contributed by atoms with van der Waals surface area (Å²) < 4.78 is 24.3. The predicted molar refractivity (Wildman–Crippen MR) is 64.2 cm³/mol. The normalized spacial score (nSPS) is 10.9. The Morgan fingerprint density at radius 3 is 2.50 bits per heavy atom. The SMILES string of the molecule is CC(=O)Nc1cc(NS(C)(=O)=O)ccc1Cl. The molecule has 1 aromatic rings. The van der Waals surface area contributed by atoms with Crippen molar-refractivity contribution in [1.29, 1.82) is 0 Å². The summed E-state index contributed by atoms with van der Waals surface area (Å²) in [5.74, 6) is -0.279. The molecule has 0 saturated heterocycles. The van der Waals surface area contributed by atoms with E-state index in [0.29, 0.717) is 16.4 Å². The van der Waals surface area contributed by atoms with Gasteiger partial charge in [0, 0.05) is 6.92 Å². The second-order valence-electron chi connectivity index (χ2n) is 3.25. The molecule has 0 aliphatic carbocycles. The number of hydrogen-bond donors (Lipinski definition) is 2. The number of benzene rings is 1. The first-order valence-electron chi connectivity index (χ1n) is 4.33. The second kappa shape index (κ2) is 4.71. The van der Waals surface area contributed by atoms with Crippen LogP contribution in [0.4, 0.5) is 11.4 Å². The number of amides is 1. The van der Waals surface area contributed by atoms with Gasteiger partial charge in [-0.15, -0.1) is 0 Å². The third-order valence-electron chi connectivity index (χ3n) is 1.58. The molecule has 1 amide bonds. The van der Waals surface area contributed by atoms with Crippen molar-refractivity contribution in [2.75, 3.05) is 16.3 Å². The Bertz CT molecular complexity index is 513. The smallest absolute Gasteiger partial charge is 0.229 e. The van der Waals surface area contributed by atoms with Crippen molar-refractivity contribution < 1.29 is 13.2 Å². The Kier molecular flexibility index (Phi) is 3.77. The van der Waals surface area contributed by atoms with E-state index in [9.17, 15) is 13.2 Å². The lowest BCUT2D eigenvalue weighted by Crippen LogP contribution is -2.11. The second-order valence-corrected chi connectivity index (χ2v) is 5.41. The standard InChI is InChI=1S/C9H11ClN2O3S/c1-6(13)11-9-5-7(3-4-8(9)10)12-16(2,14)15/h3-5,12H,1-2H3,(H,11,13). The quantitative estimate of drug-likeness (QED) is 0.870. The molecule has 0 heterocycles. The monoisotopic (exact) mass is 262 g/mol. The van der Waals surface area contributed by atoms with Gasteiger partial charge in [0.05, 0.1) is 22.7 Å². The van der Waals surface area contributed by atoms with Crippen LogP contribution in [-0.4, -0.2) is 20.6 Å². The Morgan fingerprint density at radius 1 is 1.38 bits per heavy atom. The van der Waals surface area contributed by atoms with Crippen molar-refractivity contribution in [3.05, 3.63) is 23.2 Å². The number of anilines is 2. The van der Waals surface area contributed by atoms with E-state index < -0.39 is 10.0 Å². The lowest BCUT2D eigenvalue weighted by atomic mass is 10.3. The van der Waals surface area contributed by atoms with Gasteiger partial charge in [0.2, 0.25) is 15.9 Å². The van der Waals surface area contributed by atoms with Crippen molar-refractivity contribution in [3.8, 4) is 0 Å². The van der Waals surface area contributed by atoms with Crippen molar-refractivity contribution in [1.82, 2.24) is 0 Å². The van der Waals surface area contributed by atoms with Crippen LogP contribution in [0.2, 0.25) is 5.02 Å². The molecular weight excluding hydrogens is 252 g/mol. The van der Waals surface area contributed by atoms with E-state index >= 15 is 0 Å². The zero-order valence-electron chi connectivity index (χ0n) is 8.74. The number of carbonyl (C=O) groups is 1. The number of halogens is 1. The summed E-state index contributed by atoms with van der Waals surface area (Å²) in [6, 6.07) is 4.46. The van der Waals surface area contributed by atoms with Gasteiger partial charge < -0.3 is 5.32 Å². The largest absolute Gasteiger partial charge is 0.325 e. The molecule has 0 fully saturated rings. The maximum Gasteiger partial charge on any atom is 0.229 e. The van der Waals surface area contributed by atoms with Crippen molar-refractivity contribution in [2.45, 2.75) is 6.92 Å². The maximum atomic E-state index is 11.0. The minimum Gasteiger partial charge on any atom is -0.325 e. The van der Waals surface area contributed by atoms with Gasteiger partial charge in [-0.25, -0.2) is 8.42 Å². The highest BCUT2D eigenvalue weighted by Gasteiger charge is 2.06. The van der Waals surface area contributed by atoms with E-state index in [4.69, 9.17) is 11.6 Å². The molecule has 0 aliphatic rings. The van der Waals surface area contributed by atoms with Crippen LogP contribution in [0.25, 0.3) is 0 Å². The molecule has 0 bridgehead atoms. The topological polar surface area (TPSA) is 75.3 Å². The van der Waals surface area contributed by atoms with Gasteiger partial charge in [0.15, 0.2) is 0 Å². The van der Waals surface area contributed by atoms with E-state index in [-0.39, 0.29) is 5.91 Å². The summed E-state index contributed by atoms with van der Waals surface area (Å²) in [5, 5.41) is 2.84. The predicted octanol–water partition coefficient (Wildman–Crippen LogP) is 1.67. The summed E-state index contributed by atoms with van der Waals surface area (Å²) in [7, 11) is -3.34. The van der Waals surface area contributed by atoms with Crippen LogP contribution < -0.4 is 10.0 Å². The number of hydrogen-bond acceptors (Lipinski definition) is 3. The number of rotatable bonds is 3. The van der Waals surface area contributed by atoms with Gasteiger partial charge in [-0.3, -0.25) is 9.52 Å². The zero-order chi connectivity index (χ0) is 12.3. The Balaban J connectivity index is 3.02. The summed E-state index contributed by atoms with van der Waals surface area (Å²) in [4.78, 5) is 10.9. The fourth-order valence-corrected chi connectivity index (χ4v) is 1.81. The highest BCUT2D eigenvalue weighted by Crippen LogP contribution is 2.25. The first-order valence-corrected chi connectivity index (χ1v) is 6.60. The molecule has 16 heavy (non-hydrogen) atoms. The first kappa shape index (κ1) is 12.8. The molecule has 0 radical (unpaired) electrons. The van der Waals surface area contributed by atoms with Gasteiger partial charge >= 0.3 is 0 Å². The average molecular weight is 263 g/mol. The van der Waals surface area contributed by atoms with Crippen molar-refractivity contribution in [3.63, 3.8) is 0 Å². The lowest BCUT2D eigenvalue weighted by molar-refractivity contribution is -0.114. The van der Waals surface area contributed by atoms with Crippen LogP contribution in [-0.2, 0) is 14.8 Å². The Hall–Kier alpha value is -1.27. The van der Waals surface area contributed by atoms with Crippen LogP contribution in [0.3, 0.4) is 0 Å². The Labute approximate surface area is 98.9 Å². The average Bonchev–Trinajstić information content (AvgIpc) is 2.07. The number of nitrogens with one attached hydrogen (secondary N) is 2. The van der Waals surface area contributed by atoms with Crippen molar-refractivity contribution >= 4 is 38.9 Å². The van der Waals surface area contributed by atoms with E-state index in [1.807, 2.05) is 0 Å². The minimum atomic E-state index is -3.34. The molecule has 5 nitrogen and oxygen atoms in total. The van der Waals surface area contributed by atoms with Gasteiger partial charge in [0.1, 0.15) is 0 Å². The van der Waals surface area contributed by atoms with Gasteiger partial charge in [-0.05, 0) is 18.2 Å². The summed E-state index contributed by atoms with van der Waals surface area (Å²) in [5.41, 5.74) is 0.707. The molecule has 0 atom stereocenters. The molecule has 0 aromatic heterocycles. The fraction of sp³-hybridized carbons (Fsp3) is 0.222. The molecule has 88 valence electrons. The molecule has 0 aliphatic heterocycles. The van der Waals surface area contributed by atoms with Crippen LogP contribution in [0.15, 0.2) is 18.2 Å². The van der Waals surface area contributed by atoms with E-state index in [1.54, 1.807) is 0 Å². The third kappa shape index (κ3) is 4.08. The fourth-order valence-electron chi connectivity index (χ4n) is 1.09. The number of sulfonamides is 1. The highest BCUT2D eigenvalue weighted by molar-refractivity contribution is 7.92. The summed E-state index contributed by atoms with van der Waals surface area (Å²) in [6.45, 7) is 1.34. The highest BCUT2D eigenvalue weighted by atomic mass is 35.5. The molecule has 0 unspecified atom stereocenters. The van der Waals surface area contributed by atoms with Crippen LogP contribution >= 0.6 is 11.6 Å². The van der Waals surface area contributed by atoms with E-state index in [0.717, 1.165) is 6.26 Å². The van der Waals surface area contributed by atoms with E-state index in [1.165, 1.54) is 25.1 Å². The number of carbonyl (C=O) groups excluding carboxylic acids is 1. The first-order chi connectivity index (χ1) is 7.28. The maximum absolute atomic E-state index is 11.0. The minimum absolute atomic E-state index is 0.279. The third-order valence-corrected chi connectivity index (χ3v) is 2.52. The molecule has 0 spiro atoms. The molecule has 7 heteroatoms. The zero-order valence-corrected chi connectivity index (χ0v) is 10.3. The molecular formula is C9H11ClN2O3S. The van der Waals surface area contributed by atoms with Crippen LogP contribution in [0.5, 0.6) is 0 Å². The van der Waals surface area contributed by atoms with Gasteiger partial charge in [-0.1, -0.05) is 11.6 Å². The Morgan fingerprint density at radius 2 is 2.00 bits per heavy atom. The van der Waals surface area contributed by atoms with Gasteiger partial charge in [-0.2, -0.15) is 0 Å². The van der Waals surface area contributed by atoms with Crippen molar-refractivity contribution in [2.24, 2.45) is 0 Å².